The average molecular weight is 433 g/mol. The van der Waals surface area contributed by atoms with Crippen LogP contribution in [0.15, 0.2) is 36.9 Å². The summed E-state index contributed by atoms with van der Waals surface area (Å²) < 4.78 is 5.21. The van der Waals surface area contributed by atoms with E-state index in [4.69, 9.17) is 14.7 Å². The molecule has 1 saturated heterocycles. The van der Waals surface area contributed by atoms with Gasteiger partial charge in [0.05, 0.1) is 44.0 Å². The van der Waals surface area contributed by atoms with Crippen molar-refractivity contribution in [2.24, 2.45) is 0 Å². The Morgan fingerprint density at radius 2 is 2.22 bits per heavy atom. The van der Waals surface area contributed by atoms with Gasteiger partial charge in [-0.25, -0.2) is 19.9 Å². The van der Waals surface area contributed by atoms with Crippen LogP contribution < -0.4 is 19.9 Å². The highest BCUT2D eigenvalue weighted by atomic mass is 16.5. The molecule has 5 rings (SSSR count). The van der Waals surface area contributed by atoms with Crippen LogP contribution in [-0.4, -0.2) is 56.3 Å². The molecule has 10 nitrogen and oxygen atoms in total. The van der Waals surface area contributed by atoms with Gasteiger partial charge in [0.2, 0.25) is 0 Å². The van der Waals surface area contributed by atoms with Crippen molar-refractivity contribution in [1.82, 2.24) is 24.9 Å². The summed E-state index contributed by atoms with van der Waals surface area (Å²) in [6.45, 7) is 2.85. The highest BCUT2D eigenvalue weighted by molar-refractivity contribution is 5.92. The maximum absolute atomic E-state index is 9.80. The molecule has 0 aliphatic carbocycles. The molecule has 0 saturated carbocycles. The van der Waals surface area contributed by atoms with Gasteiger partial charge < -0.3 is 25.0 Å². The second-order valence-electron chi connectivity index (χ2n) is 7.75. The summed E-state index contributed by atoms with van der Waals surface area (Å²) in [6, 6.07) is 5.92. The Morgan fingerprint density at radius 1 is 1.31 bits per heavy atom. The van der Waals surface area contributed by atoms with E-state index in [9.17, 15) is 5.11 Å². The molecule has 164 valence electrons. The van der Waals surface area contributed by atoms with Crippen LogP contribution in [0.25, 0.3) is 22.4 Å². The number of ether oxygens (including phenoxy) is 1. The van der Waals surface area contributed by atoms with Gasteiger partial charge in [-0.1, -0.05) is 0 Å². The van der Waals surface area contributed by atoms with Gasteiger partial charge in [-0.05, 0) is 31.9 Å². The maximum Gasteiger partial charge on any atom is 0.365 e. The van der Waals surface area contributed by atoms with Gasteiger partial charge >= 0.3 is 5.88 Å². The van der Waals surface area contributed by atoms with E-state index in [1.54, 1.807) is 13.4 Å². The van der Waals surface area contributed by atoms with Crippen LogP contribution >= 0.6 is 0 Å². The molecule has 32 heavy (non-hydrogen) atoms. The van der Waals surface area contributed by atoms with Crippen LogP contribution in [0.2, 0.25) is 0 Å². The number of aryl methyl sites for hydroxylation is 1. The molecule has 0 bridgehead atoms. The van der Waals surface area contributed by atoms with E-state index in [1.807, 2.05) is 31.5 Å². The molecule has 0 radical (unpaired) electrons. The molecule has 0 spiro atoms. The molecule has 4 aromatic rings. The van der Waals surface area contributed by atoms with Crippen molar-refractivity contribution in [1.29, 1.82) is 0 Å². The molecule has 0 aromatic carbocycles. The Morgan fingerprint density at radius 3 is 3.00 bits per heavy atom. The number of anilines is 3. The van der Waals surface area contributed by atoms with E-state index in [-0.39, 0.29) is 12.6 Å². The second kappa shape index (κ2) is 8.39. The van der Waals surface area contributed by atoms with Crippen molar-refractivity contribution in [2.75, 3.05) is 30.5 Å². The largest absolute Gasteiger partial charge is 0.448 e. The molecule has 1 fully saturated rings. The number of aromatic nitrogens is 6. The smallest absolute Gasteiger partial charge is 0.365 e. The van der Waals surface area contributed by atoms with E-state index in [0.717, 1.165) is 47.5 Å². The van der Waals surface area contributed by atoms with Crippen LogP contribution in [0.3, 0.4) is 0 Å². The SMILES string of the molecule is COc1ccc(Nc2ncc(N3CCC[C@H]3CO)cc2-c2nc(C)nc3nc[nH]c23)c[nH+]1. The van der Waals surface area contributed by atoms with Crippen molar-refractivity contribution >= 4 is 28.4 Å². The summed E-state index contributed by atoms with van der Waals surface area (Å²) in [7, 11) is 1.61. The monoisotopic (exact) mass is 433 g/mol. The summed E-state index contributed by atoms with van der Waals surface area (Å²) in [6.07, 6.45) is 7.28. The van der Waals surface area contributed by atoms with Crippen molar-refractivity contribution in [3.05, 3.63) is 42.7 Å². The molecule has 0 unspecified atom stereocenters. The molecule has 0 amide bonds. The zero-order chi connectivity index (χ0) is 22.1. The predicted octanol–water partition coefficient (Wildman–Crippen LogP) is 2.25. The number of hydrogen-bond acceptors (Lipinski definition) is 8. The van der Waals surface area contributed by atoms with Crippen LogP contribution in [-0.2, 0) is 0 Å². The standard InChI is InChI=1S/C22H24N8O2/c1-13-27-19(20-22(28-13)26-12-25-20)17-8-16(30-7-3-4-15(30)11-31)10-24-21(17)29-14-5-6-18(32-2)23-9-14/h5-6,8-10,12,15,31H,3-4,7,11H2,1-2H3,(H,24,29)(H,25,26,27,28)/p+1/t15-/m0/s1. The van der Waals surface area contributed by atoms with Crippen molar-refractivity contribution < 1.29 is 14.8 Å². The van der Waals surface area contributed by atoms with Gasteiger partial charge in [0.25, 0.3) is 0 Å². The number of hydrogen-bond donors (Lipinski definition) is 3. The Bertz CT molecular complexity index is 1240. The van der Waals surface area contributed by atoms with E-state index in [1.165, 1.54) is 0 Å². The van der Waals surface area contributed by atoms with Crippen LogP contribution in [0.5, 0.6) is 5.88 Å². The number of aromatic amines is 2. The number of nitrogens with zero attached hydrogens (tertiary/aromatic N) is 5. The first-order chi connectivity index (χ1) is 15.7. The summed E-state index contributed by atoms with van der Waals surface area (Å²) in [4.78, 5) is 26.7. The first-order valence-corrected chi connectivity index (χ1v) is 10.5. The van der Waals surface area contributed by atoms with Gasteiger partial charge in [-0.2, -0.15) is 4.98 Å². The van der Waals surface area contributed by atoms with E-state index in [2.05, 4.69) is 36.2 Å². The molecule has 1 atom stereocenters. The topological polar surface area (TPSA) is 126 Å². The van der Waals surface area contributed by atoms with Crippen molar-refractivity contribution in [3.8, 4) is 17.1 Å². The number of imidazole rings is 1. The summed E-state index contributed by atoms with van der Waals surface area (Å²) in [5.41, 5.74) is 4.68. The third-order valence-electron chi connectivity index (χ3n) is 5.71. The Balaban J connectivity index is 1.63. The van der Waals surface area contributed by atoms with Gasteiger partial charge in [-0.15, -0.1) is 0 Å². The number of methoxy groups -OCH3 is 1. The predicted molar refractivity (Wildman–Crippen MR) is 120 cm³/mol. The number of nitrogens with one attached hydrogen (secondary N) is 3. The minimum Gasteiger partial charge on any atom is -0.448 e. The highest BCUT2D eigenvalue weighted by Crippen LogP contribution is 2.35. The molecule has 5 heterocycles. The van der Waals surface area contributed by atoms with Gasteiger partial charge in [0.1, 0.15) is 28.5 Å². The first kappa shape index (κ1) is 20.1. The number of aliphatic hydroxyl groups is 1. The second-order valence-corrected chi connectivity index (χ2v) is 7.75. The van der Waals surface area contributed by atoms with Crippen molar-refractivity contribution in [2.45, 2.75) is 25.8 Å². The molecule has 4 aromatic heterocycles. The quantitative estimate of drug-likeness (QED) is 0.423. The number of pyridine rings is 2. The summed E-state index contributed by atoms with van der Waals surface area (Å²) in [5.74, 6) is 1.94. The fourth-order valence-corrected chi connectivity index (χ4v) is 4.15. The lowest BCUT2D eigenvalue weighted by Gasteiger charge is -2.26. The molecular weight excluding hydrogens is 408 g/mol. The molecule has 4 N–H and O–H groups in total. The van der Waals surface area contributed by atoms with E-state index in [0.29, 0.717) is 23.2 Å². The summed E-state index contributed by atoms with van der Waals surface area (Å²) >= 11 is 0. The molecule has 10 heteroatoms. The number of aliphatic hydroxyl groups excluding tert-OH is 1. The first-order valence-electron chi connectivity index (χ1n) is 10.5. The van der Waals surface area contributed by atoms with Gasteiger partial charge in [0, 0.05) is 12.1 Å². The third-order valence-corrected chi connectivity index (χ3v) is 5.71. The average Bonchev–Trinajstić information content (AvgIpc) is 3.48. The number of H-pyrrole nitrogens is 2. The lowest BCUT2D eigenvalue weighted by atomic mass is 10.1. The van der Waals surface area contributed by atoms with Gasteiger partial charge in [-0.3, -0.25) is 0 Å². The Kier molecular flexibility index (Phi) is 5.28. The van der Waals surface area contributed by atoms with Crippen LogP contribution in [0.1, 0.15) is 18.7 Å². The van der Waals surface area contributed by atoms with Crippen LogP contribution in [0, 0.1) is 6.92 Å². The number of rotatable bonds is 6. The fraction of sp³-hybridized carbons (Fsp3) is 0.318. The zero-order valence-electron chi connectivity index (χ0n) is 18.0. The van der Waals surface area contributed by atoms with Crippen LogP contribution in [0.4, 0.5) is 17.2 Å². The molecule has 1 aliphatic heterocycles. The minimum absolute atomic E-state index is 0.0963. The minimum atomic E-state index is 0.0963. The van der Waals surface area contributed by atoms with Crippen molar-refractivity contribution in [3.63, 3.8) is 0 Å². The van der Waals surface area contributed by atoms with Gasteiger partial charge in [0.15, 0.2) is 11.8 Å². The Hall–Kier alpha value is -3.79. The lowest BCUT2D eigenvalue weighted by Crippen LogP contribution is -2.32. The zero-order valence-corrected chi connectivity index (χ0v) is 18.0. The third kappa shape index (κ3) is 3.69. The normalized spacial score (nSPS) is 16.0. The lowest BCUT2D eigenvalue weighted by molar-refractivity contribution is -0.392. The molecule has 1 aliphatic rings. The van der Waals surface area contributed by atoms with E-state index >= 15 is 0 Å². The fourth-order valence-electron chi connectivity index (χ4n) is 4.15. The maximum atomic E-state index is 9.80. The highest BCUT2D eigenvalue weighted by Gasteiger charge is 2.26. The Labute approximate surface area is 184 Å². The van der Waals surface area contributed by atoms with E-state index < -0.39 is 0 Å². The summed E-state index contributed by atoms with van der Waals surface area (Å²) in [5, 5.41) is 13.2. The number of fused-ring (bicyclic) bond motifs is 1. The molecular formula is C22H25N8O2+.